The molecule has 0 aliphatic rings. The second-order valence-electron chi connectivity index (χ2n) is 10.8. The van der Waals surface area contributed by atoms with E-state index in [0.717, 1.165) is 16.7 Å². The first-order valence-corrected chi connectivity index (χ1v) is 15.0. The Balaban J connectivity index is 1.29. The van der Waals surface area contributed by atoms with Gasteiger partial charge >= 0.3 is 11.7 Å². The number of fused-ring (bicyclic) bond motifs is 1. The number of amides is 2. The Morgan fingerprint density at radius 2 is 1.53 bits per heavy atom. The normalized spacial score (nSPS) is 11.6. The molecule has 9 heteroatoms. The van der Waals surface area contributed by atoms with Crippen molar-refractivity contribution >= 4 is 44.0 Å². The van der Waals surface area contributed by atoms with E-state index >= 15 is 0 Å². The number of anilines is 2. The molecule has 1 aromatic heterocycles. The number of carbonyl (C=O) groups is 1. The quantitative estimate of drug-likeness (QED) is 0.163. The molecule has 0 saturated carbocycles. The number of benzene rings is 4. The predicted octanol–water partition coefficient (Wildman–Crippen LogP) is 7.35. The van der Waals surface area contributed by atoms with Crippen LogP contribution in [0.25, 0.3) is 27.7 Å². The third-order valence-electron chi connectivity index (χ3n) is 7.00. The summed E-state index contributed by atoms with van der Waals surface area (Å²) in [7, 11) is -3.79. The second-order valence-corrected chi connectivity index (χ2v) is 12.4. The van der Waals surface area contributed by atoms with Crippen LogP contribution in [0.1, 0.15) is 31.9 Å². The number of allylic oxidation sites excluding steroid dienone is 1. The SMILES string of the molecule is C=C(C)c1cccc(C(C)(C)NC(=O)Nc2ccc(-c3cc4ccc(NS(=O)(=O)c5ccccc5)cc4oc3=O)cc2)c1. The van der Waals surface area contributed by atoms with Crippen molar-refractivity contribution in [3.05, 3.63) is 131 Å². The molecule has 3 N–H and O–H groups in total. The fourth-order valence-corrected chi connectivity index (χ4v) is 5.69. The van der Waals surface area contributed by atoms with E-state index in [4.69, 9.17) is 4.42 Å². The highest BCUT2D eigenvalue weighted by molar-refractivity contribution is 7.92. The maximum atomic E-state index is 12.9. The topological polar surface area (TPSA) is 118 Å². The summed E-state index contributed by atoms with van der Waals surface area (Å²) in [5, 5.41) is 6.46. The molecule has 43 heavy (non-hydrogen) atoms. The summed E-state index contributed by atoms with van der Waals surface area (Å²) in [5.41, 5.74) is 3.69. The van der Waals surface area contributed by atoms with Crippen LogP contribution >= 0.6 is 0 Å². The minimum atomic E-state index is -3.79. The molecule has 0 aliphatic carbocycles. The van der Waals surface area contributed by atoms with E-state index < -0.39 is 21.2 Å². The zero-order valence-corrected chi connectivity index (χ0v) is 24.8. The van der Waals surface area contributed by atoms with Crippen molar-refractivity contribution in [1.82, 2.24) is 5.32 Å². The summed E-state index contributed by atoms with van der Waals surface area (Å²) in [4.78, 5) is 25.8. The molecule has 0 spiro atoms. The lowest BCUT2D eigenvalue weighted by Crippen LogP contribution is -2.43. The van der Waals surface area contributed by atoms with E-state index in [2.05, 4.69) is 21.9 Å². The Hall–Kier alpha value is -5.15. The zero-order chi connectivity index (χ0) is 30.8. The van der Waals surface area contributed by atoms with Gasteiger partial charge in [-0.25, -0.2) is 18.0 Å². The highest BCUT2D eigenvalue weighted by Crippen LogP contribution is 2.27. The van der Waals surface area contributed by atoms with E-state index in [1.54, 1.807) is 60.7 Å². The van der Waals surface area contributed by atoms with Crippen molar-refractivity contribution in [2.24, 2.45) is 0 Å². The van der Waals surface area contributed by atoms with Crippen molar-refractivity contribution in [1.29, 1.82) is 0 Å². The molecule has 5 rings (SSSR count). The molecule has 5 aromatic rings. The summed E-state index contributed by atoms with van der Waals surface area (Å²) >= 11 is 0. The zero-order valence-electron chi connectivity index (χ0n) is 24.0. The van der Waals surface area contributed by atoms with Crippen molar-refractivity contribution < 1.29 is 17.6 Å². The maximum absolute atomic E-state index is 12.9. The van der Waals surface area contributed by atoms with Crippen molar-refractivity contribution in [2.45, 2.75) is 31.2 Å². The third-order valence-corrected chi connectivity index (χ3v) is 8.40. The van der Waals surface area contributed by atoms with Crippen LogP contribution in [0, 0.1) is 0 Å². The summed E-state index contributed by atoms with van der Waals surface area (Å²) in [6.07, 6.45) is 0. The molecule has 218 valence electrons. The van der Waals surface area contributed by atoms with E-state index in [-0.39, 0.29) is 22.2 Å². The number of hydrogen-bond acceptors (Lipinski definition) is 5. The summed E-state index contributed by atoms with van der Waals surface area (Å²) < 4.78 is 33.4. The molecular formula is C34H31N3O5S. The van der Waals surface area contributed by atoms with E-state index in [0.29, 0.717) is 22.2 Å². The number of sulfonamides is 1. The lowest BCUT2D eigenvalue weighted by Gasteiger charge is -2.27. The fourth-order valence-electron chi connectivity index (χ4n) is 4.61. The molecule has 0 unspecified atom stereocenters. The van der Waals surface area contributed by atoms with Crippen LogP contribution in [0.4, 0.5) is 16.2 Å². The van der Waals surface area contributed by atoms with Crippen LogP contribution in [-0.2, 0) is 15.6 Å². The standard InChI is InChI=1S/C34H31N3O5S/c1-22(2)24-9-8-10-26(19-24)34(3,4)36-33(39)35-27-16-13-23(14-17-27)30-20-25-15-18-28(21-31(25)42-32(30)38)37-43(40,41)29-11-6-5-7-12-29/h5-21,37H,1H2,2-4H3,(H2,35,36,39). The summed E-state index contributed by atoms with van der Waals surface area (Å²) in [5.74, 6) is 0. The summed E-state index contributed by atoms with van der Waals surface area (Å²) in [6, 6.07) is 28.8. The van der Waals surface area contributed by atoms with Gasteiger partial charge in [0.15, 0.2) is 0 Å². The van der Waals surface area contributed by atoms with E-state index in [1.807, 2.05) is 45.0 Å². The highest BCUT2D eigenvalue weighted by Gasteiger charge is 2.23. The smallest absolute Gasteiger partial charge is 0.344 e. The van der Waals surface area contributed by atoms with Gasteiger partial charge in [-0.15, -0.1) is 0 Å². The van der Waals surface area contributed by atoms with E-state index in [1.165, 1.54) is 18.2 Å². The Bertz CT molecular complexity index is 2000. The molecule has 0 bridgehead atoms. The van der Waals surface area contributed by atoms with Gasteiger partial charge in [-0.3, -0.25) is 4.72 Å². The Morgan fingerprint density at radius 1 is 0.837 bits per heavy atom. The third kappa shape index (κ3) is 6.68. The first-order chi connectivity index (χ1) is 20.4. The molecule has 0 radical (unpaired) electrons. The lowest BCUT2D eigenvalue weighted by atomic mass is 9.92. The van der Waals surface area contributed by atoms with Crippen LogP contribution in [-0.4, -0.2) is 14.4 Å². The van der Waals surface area contributed by atoms with Gasteiger partial charge in [0.05, 0.1) is 21.7 Å². The number of rotatable bonds is 8. The molecule has 1 heterocycles. The fraction of sp³-hybridized carbons (Fsp3) is 0.118. The first kappa shape index (κ1) is 29.3. The minimum absolute atomic E-state index is 0.124. The van der Waals surface area contributed by atoms with Gasteiger partial charge in [0.25, 0.3) is 10.0 Å². The largest absolute Gasteiger partial charge is 0.422 e. The average Bonchev–Trinajstić information content (AvgIpc) is 2.97. The van der Waals surface area contributed by atoms with Gasteiger partial charge < -0.3 is 15.1 Å². The van der Waals surface area contributed by atoms with E-state index in [9.17, 15) is 18.0 Å². The summed E-state index contributed by atoms with van der Waals surface area (Å²) in [6.45, 7) is 9.78. The van der Waals surface area contributed by atoms with Crippen LogP contribution < -0.4 is 21.0 Å². The monoisotopic (exact) mass is 593 g/mol. The van der Waals surface area contributed by atoms with Gasteiger partial charge in [0.2, 0.25) is 0 Å². The van der Waals surface area contributed by atoms with Gasteiger partial charge in [0.1, 0.15) is 5.58 Å². The van der Waals surface area contributed by atoms with Gasteiger partial charge in [-0.2, -0.15) is 0 Å². The molecule has 4 aromatic carbocycles. The van der Waals surface area contributed by atoms with Crippen LogP contribution in [0.5, 0.6) is 0 Å². The Kier molecular flexibility index (Phi) is 7.93. The molecule has 0 atom stereocenters. The first-order valence-electron chi connectivity index (χ1n) is 13.5. The molecule has 2 amide bonds. The Morgan fingerprint density at radius 3 is 2.23 bits per heavy atom. The second kappa shape index (κ2) is 11.6. The van der Waals surface area contributed by atoms with Crippen LogP contribution in [0.2, 0.25) is 0 Å². The van der Waals surface area contributed by atoms with Gasteiger partial charge in [-0.1, -0.05) is 60.7 Å². The van der Waals surface area contributed by atoms with Crippen molar-refractivity contribution in [3.63, 3.8) is 0 Å². The Labute approximate surface area is 250 Å². The number of nitrogens with one attached hydrogen (secondary N) is 3. The molecule has 0 aliphatic heterocycles. The number of urea groups is 1. The maximum Gasteiger partial charge on any atom is 0.344 e. The van der Waals surface area contributed by atoms with Crippen molar-refractivity contribution in [2.75, 3.05) is 10.0 Å². The predicted molar refractivity (Wildman–Crippen MR) is 172 cm³/mol. The van der Waals surface area contributed by atoms with Crippen LogP contribution in [0.15, 0.2) is 124 Å². The average molecular weight is 594 g/mol. The number of carbonyl (C=O) groups excluding carboxylic acids is 1. The van der Waals surface area contributed by atoms with Crippen molar-refractivity contribution in [3.8, 4) is 11.1 Å². The highest BCUT2D eigenvalue weighted by atomic mass is 32.2. The minimum Gasteiger partial charge on any atom is -0.422 e. The van der Waals surface area contributed by atoms with Gasteiger partial charge in [-0.05, 0) is 86.0 Å². The molecule has 0 fully saturated rings. The molecular weight excluding hydrogens is 562 g/mol. The van der Waals surface area contributed by atoms with Crippen LogP contribution in [0.3, 0.4) is 0 Å². The molecule has 8 nitrogen and oxygen atoms in total. The molecule has 0 saturated heterocycles. The number of hydrogen-bond donors (Lipinski definition) is 3. The lowest BCUT2D eigenvalue weighted by molar-refractivity contribution is 0.242. The van der Waals surface area contributed by atoms with Gasteiger partial charge in [0, 0.05) is 17.1 Å².